The van der Waals surface area contributed by atoms with E-state index >= 15 is 0 Å². The summed E-state index contributed by atoms with van der Waals surface area (Å²) in [6.45, 7) is 4.07. The molecule has 2 rings (SSSR count). The smallest absolute Gasteiger partial charge is 0.121 e. The topological polar surface area (TPSA) is 9.23 Å². The van der Waals surface area contributed by atoms with Crippen LogP contribution >= 0.6 is 0 Å². The van der Waals surface area contributed by atoms with Crippen LogP contribution in [0.3, 0.4) is 0 Å². The Morgan fingerprint density at radius 2 is 2.00 bits per heavy atom. The molecule has 0 aliphatic carbocycles. The molecule has 0 amide bonds. The quantitative estimate of drug-likeness (QED) is 0.566. The number of fused-ring (bicyclic) bond motifs is 1. The fourth-order valence-corrected chi connectivity index (χ4v) is 1.61. The Balaban J connectivity index is 2.55. The van der Waals surface area contributed by atoms with Gasteiger partial charge in [-0.25, -0.2) is 0 Å². The highest BCUT2D eigenvalue weighted by Gasteiger charge is 2.14. The van der Waals surface area contributed by atoms with Gasteiger partial charge < -0.3 is 4.74 Å². The van der Waals surface area contributed by atoms with Crippen molar-refractivity contribution in [3.63, 3.8) is 0 Å². The Morgan fingerprint density at radius 1 is 1.25 bits per heavy atom. The minimum absolute atomic E-state index is 0.200. The zero-order valence-electron chi connectivity index (χ0n) is 7.37. The van der Waals surface area contributed by atoms with Gasteiger partial charge in [0.2, 0.25) is 0 Å². The number of ether oxygens (including phenoxy) is 1. The molecular weight excluding hydrogens is 148 g/mol. The van der Waals surface area contributed by atoms with Crippen molar-refractivity contribution in [2.45, 2.75) is 20.0 Å². The summed E-state index contributed by atoms with van der Waals surface area (Å²) in [5.74, 6) is 1.00. The number of rotatable bonds is 0. The van der Waals surface area contributed by atoms with E-state index in [1.165, 1.54) is 11.1 Å². The molecule has 1 heteroatoms. The van der Waals surface area contributed by atoms with Gasteiger partial charge >= 0.3 is 0 Å². The standard InChI is InChI=1S/C11H12O/c1-8-7-10-5-3-4-6-11(10)9(2)12-8/h3-7,9H,1-2H3. The number of allylic oxidation sites excluding steroid dienone is 1. The summed E-state index contributed by atoms with van der Waals surface area (Å²) >= 11 is 0. The molecule has 0 radical (unpaired) electrons. The van der Waals surface area contributed by atoms with Crippen LogP contribution in [0.2, 0.25) is 0 Å². The lowest BCUT2D eigenvalue weighted by Crippen LogP contribution is -2.05. The van der Waals surface area contributed by atoms with Gasteiger partial charge in [-0.15, -0.1) is 0 Å². The van der Waals surface area contributed by atoms with Gasteiger partial charge in [-0.1, -0.05) is 24.3 Å². The van der Waals surface area contributed by atoms with Gasteiger partial charge in [0.05, 0.1) is 5.76 Å². The van der Waals surface area contributed by atoms with Crippen molar-refractivity contribution in [3.8, 4) is 0 Å². The highest BCUT2D eigenvalue weighted by molar-refractivity contribution is 5.57. The minimum atomic E-state index is 0.200. The molecule has 62 valence electrons. The van der Waals surface area contributed by atoms with Crippen molar-refractivity contribution >= 4 is 6.08 Å². The predicted molar refractivity (Wildman–Crippen MR) is 49.6 cm³/mol. The van der Waals surface area contributed by atoms with Crippen LogP contribution in [0, 0.1) is 0 Å². The van der Waals surface area contributed by atoms with Gasteiger partial charge in [0.1, 0.15) is 6.10 Å². The first-order valence-electron chi connectivity index (χ1n) is 4.21. The third-order valence-corrected chi connectivity index (χ3v) is 2.16. The second-order valence-electron chi connectivity index (χ2n) is 3.14. The maximum Gasteiger partial charge on any atom is 0.121 e. The Labute approximate surface area is 72.7 Å². The third-order valence-electron chi connectivity index (χ3n) is 2.16. The highest BCUT2D eigenvalue weighted by Crippen LogP contribution is 2.29. The largest absolute Gasteiger partial charge is 0.491 e. The summed E-state index contributed by atoms with van der Waals surface area (Å²) in [5, 5.41) is 0. The monoisotopic (exact) mass is 160 g/mol. The van der Waals surface area contributed by atoms with Crippen LogP contribution in [-0.4, -0.2) is 0 Å². The zero-order chi connectivity index (χ0) is 8.55. The molecule has 0 saturated carbocycles. The van der Waals surface area contributed by atoms with E-state index in [-0.39, 0.29) is 6.10 Å². The molecule has 1 atom stereocenters. The average Bonchev–Trinajstić information content (AvgIpc) is 2.04. The minimum Gasteiger partial charge on any atom is -0.491 e. The molecule has 1 aromatic rings. The number of benzene rings is 1. The van der Waals surface area contributed by atoms with E-state index in [9.17, 15) is 0 Å². The molecule has 0 fully saturated rings. The Kier molecular flexibility index (Phi) is 1.65. The van der Waals surface area contributed by atoms with Gasteiger partial charge in [0, 0.05) is 0 Å². The van der Waals surface area contributed by atoms with Gasteiger partial charge in [-0.3, -0.25) is 0 Å². The van der Waals surface area contributed by atoms with Crippen LogP contribution in [0.25, 0.3) is 6.08 Å². The van der Waals surface area contributed by atoms with Crippen LogP contribution in [-0.2, 0) is 4.74 Å². The van der Waals surface area contributed by atoms with E-state index in [0.29, 0.717) is 0 Å². The lowest BCUT2D eigenvalue weighted by molar-refractivity contribution is 0.133. The molecule has 0 bridgehead atoms. The molecule has 0 spiro atoms. The van der Waals surface area contributed by atoms with E-state index < -0.39 is 0 Å². The van der Waals surface area contributed by atoms with Crippen LogP contribution < -0.4 is 0 Å². The average molecular weight is 160 g/mol. The zero-order valence-corrected chi connectivity index (χ0v) is 7.37. The molecule has 1 unspecified atom stereocenters. The Morgan fingerprint density at radius 3 is 2.83 bits per heavy atom. The summed E-state index contributed by atoms with van der Waals surface area (Å²) in [6, 6.07) is 8.34. The first-order valence-corrected chi connectivity index (χ1v) is 4.21. The van der Waals surface area contributed by atoms with E-state index in [1.54, 1.807) is 0 Å². The van der Waals surface area contributed by atoms with E-state index in [2.05, 4.69) is 31.2 Å². The normalized spacial score (nSPS) is 20.8. The fraction of sp³-hybridized carbons (Fsp3) is 0.273. The summed E-state index contributed by atoms with van der Waals surface area (Å²) in [6.07, 6.45) is 2.28. The first kappa shape index (κ1) is 7.41. The SMILES string of the molecule is CC1=Cc2ccccc2C(C)O1. The summed E-state index contributed by atoms with van der Waals surface area (Å²) in [7, 11) is 0. The van der Waals surface area contributed by atoms with Crippen molar-refractivity contribution in [3.05, 3.63) is 41.2 Å². The second kappa shape index (κ2) is 2.67. The lowest BCUT2D eigenvalue weighted by Gasteiger charge is -2.22. The van der Waals surface area contributed by atoms with Gasteiger partial charge in [0.15, 0.2) is 0 Å². The molecule has 1 heterocycles. The van der Waals surface area contributed by atoms with Crippen molar-refractivity contribution in [1.29, 1.82) is 0 Å². The van der Waals surface area contributed by atoms with E-state index in [4.69, 9.17) is 4.74 Å². The van der Waals surface area contributed by atoms with Crippen LogP contribution in [0.15, 0.2) is 30.0 Å². The molecule has 1 nitrogen and oxygen atoms in total. The van der Waals surface area contributed by atoms with Crippen molar-refractivity contribution in [2.24, 2.45) is 0 Å². The van der Waals surface area contributed by atoms with Crippen molar-refractivity contribution in [1.82, 2.24) is 0 Å². The molecular formula is C11H12O. The molecule has 1 aromatic carbocycles. The molecule has 0 aromatic heterocycles. The summed E-state index contributed by atoms with van der Waals surface area (Å²) in [5.41, 5.74) is 2.57. The van der Waals surface area contributed by atoms with Crippen LogP contribution in [0.1, 0.15) is 31.1 Å². The number of hydrogen-bond acceptors (Lipinski definition) is 1. The fourth-order valence-electron chi connectivity index (χ4n) is 1.61. The highest BCUT2D eigenvalue weighted by atomic mass is 16.5. The van der Waals surface area contributed by atoms with Crippen molar-refractivity contribution < 1.29 is 4.74 Å². The summed E-state index contributed by atoms with van der Waals surface area (Å²) in [4.78, 5) is 0. The molecule has 12 heavy (non-hydrogen) atoms. The van der Waals surface area contributed by atoms with Gasteiger partial charge in [-0.05, 0) is 31.1 Å². The predicted octanol–water partition coefficient (Wildman–Crippen LogP) is 3.14. The molecule has 1 aliphatic rings. The van der Waals surface area contributed by atoms with Crippen LogP contribution in [0.5, 0.6) is 0 Å². The summed E-state index contributed by atoms with van der Waals surface area (Å²) < 4.78 is 5.57. The second-order valence-corrected chi connectivity index (χ2v) is 3.14. The lowest BCUT2D eigenvalue weighted by atomic mass is 10.0. The Bertz CT molecular complexity index is 326. The third kappa shape index (κ3) is 1.11. The number of hydrogen-bond donors (Lipinski definition) is 0. The molecule has 1 aliphatic heterocycles. The maximum absolute atomic E-state index is 5.57. The van der Waals surface area contributed by atoms with E-state index in [0.717, 1.165) is 5.76 Å². The maximum atomic E-state index is 5.57. The van der Waals surface area contributed by atoms with Gasteiger partial charge in [0.25, 0.3) is 0 Å². The first-order chi connectivity index (χ1) is 5.77. The molecule has 0 saturated heterocycles. The van der Waals surface area contributed by atoms with Crippen molar-refractivity contribution in [2.75, 3.05) is 0 Å². The van der Waals surface area contributed by atoms with Gasteiger partial charge in [-0.2, -0.15) is 0 Å². The van der Waals surface area contributed by atoms with Crippen LogP contribution in [0.4, 0.5) is 0 Å². The Hall–Kier alpha value is -1.24. The van der Waals surface area contributed by atoms with E-state index in [1.807, 2.05) is 13.0 Å². The molecule has 0 N–H and O–H groups in total.